The number of aryl methyl sites for hydroxylation is 2. The molecule has 1 amide bonds. The molecule has 0 N–H and O–H groups in total. The van der Waals surface area contributed by atoms with Gasteiger partial charge in [-0.15, -0.1) is 0 Å². The smallest absolute Gasteiger partial charge is 0.256 e. The van der Waals surface area contributed by atoms with Crippen molar-refractivity contribution >= 4 is 19.3 Å². The van der Waals surface area contributed by atoms with Crippen molar-refractivity contribution in [2.75, 3.05) is 13.1 Å². The Hall–Kier alpha value is -2.95. The molecule has 0 atom stereocenters. The summed E-state index contributed by atoms with van der Waals surface area (Å²) in [7, 11) is 6.79. The maximum absolute atomic E-state index is 13.4. The van der Waals surface area contributed by atoms with E-state index < -0.39 is 0 Å². The molecular weight excluding hydrogens is 393 g/mol. The number of allylic oxidation sites excluding steroid dienone is 5. The Morgan fingerprint density at radius 1 is 1.28 bits per heavy atom. The van der Waals surface area contributed by atoms with E-state index in [-0.39, 0.29) is 11.2 Å². The molecule has 4 rings (SSSR count). The van der Waals surface area contributed by atoms with E-state index in [1.54, 1.807) is 12.3 Å². The van der Waals surface area contributed by atoms with E-state index in [0.717, 1.165) is 37.7 Å². The van der Waals surface area contributed by atoms with E-state index in [0.29, 0.717) is 24.3 Å². The lowest BCUT2D eigenvalue weighted by Crippen LogP contribution is -2.41. The highest BCUT2D eigenvalue weighted by Gasteiger charge is 2.33. The van der Waals surface area contributed by atoms with Gasteiger partial charge in [0.25, 0.3) is 5.91 Å². The summed E-state index contributed by atoms with van der Waals surface area (Å²) in [6, 6.07) is 5.96. The van der Waals surface area contributed by atoms with Crippen molar-refractivity contribution in [3.05, 3.63) is 89.6 Å². The van der Waals surface area contributed by atoms with Crippen LogP contribution in [0.5, 0.6) is 0 Å². The van der Waals surface area contributed by atoms with Crippen molar-refractivity contribution < 1.29 is 4.79 Å². The van der Waals surface area contributed by atoms with Crippen LogP contribution < -0.4 is 0 Å². The molecule has 1 saturated heterocycles. The fourth-order valence-corrected chi connectivity index (χ4v) is 4.81. The Morgan fingerprint density at radius 3 is 2.84 bits per heavy atom. The largest absolute Gasteiger partial charge is 0.339 e. The zero-order valence-electron chi connectivity index (χ0n) is 18.9. The molecule has 0 bridgehead atoms. The lowest BCUT2D eigenvalue weighted by molar-refractivity contribution is 0.0698. The van der Waals surface area contributed by atoms with E-state index >= 15 is 0 Å². The van der Waals surface area contributed by atoms with Crippen LogP contribution in [0.1, 0.15) is 59.1 Å². The van der Waals surface area contributed by atoms with Gasteiger partial charge in [-0.3, -0.25) is 14.8 Å². The SMILES string of the molecule is [B]C1(Cc2cnc3c(c2)CCC3)CCN(C(=O)c2cccnc2C(/C=C\C)=C/C=C)CC1. The quantitative estimate of drug-likeness (QED) is 0.490. The number of hydrogen-bond donors (Lipinski definition) is 0. The number of hydrogen-bond acceptors (Lipinski definition) is 3. The van der Waals surface area contributed by atoms with Gasteiger partial charge in [0.1, 0.15) is 0 Å². The van der Waals surface area contributed by atoms with Crippen molar-refractivity contribution in [3.63, 3.8) is 0 Å². The third-order valence-corrected chi connectivity index (χ3v) is 6.53. The third kappa shape index (κ3) is 4.77. The number of pyridine rings is 2. The minimum absolute atomic E-state index is 0.00816. The first-order valence-electron chi connectivity index (χ1n) is 11.5. The second-order valence-electron chi connectivity index (χ2n) is 8.89. The summed E-state index contributed by atoms with van der Waals surface area (Å²) < 4.78 is 0. The zero-order valence-corrected chi connectivity index (χ0v) is 18.9. The second-order valence-corrected chi connectivity index (χ2v) is 8.89. The Morgan fingerprint density at radius 2 is 2.09 bits per heavy atom. The van der Waals surface area contributed by atoms with Gasteiger partial charge < -0.3 is 4.90 Å². The number of carbonyl (C=O) groups is 1. The number of carbonyl (C=O) groups excluding carboxylic acids is 1. The number of aromatic nitrogens is 2. The molecule has 1 aliphatic heterocycles. The maximum atomic E-state index is 13.4. The highest BCUT2D eigenvalue weighted by Crippen LogP contribution is 2.39. The second kappa shape index (κ2) is 9.68. The Balaban J connectivity index is 1.46. The minimum Gasteiger partial charge on any atom is -0.339 e. The summed E-state index contributed by atoms with van der Waals surface area (Å²) in [5.41, 5.74) is 6.02. The van der Waals surface area contributed by atoms with E-state index in [1.165, 1.54) is 23.2 Å². The number of fused-ring (bicyclic) bond motifs is 1. The maximum Gasteiger partial charge on any atom is 0.256 e. The van der Waals surface area contributed by atoms with Crippen molar-refractivity contribution in [1.82, 2.24) is 14.9 Å². The molecule has 162 valence electrons. The molecule has 4 nitrogen and oxygen atoms in total. The standard InChI is InChI=1S/C27H30BN3O/c1-3-7-21(8-4-2)25-23(10-6-14-29-25)26(32)31-15-12-27(28,13-16-31)18-20-17-22-9-5-11-24(22)30-19-20/h3-4,6-8,10,14,17,19H,1,5,9,11-13,15-16,18H2,2H3/b8-4-,21-7+. The molecule has 2 aromatic rings. The molecule has 2 aromatic heterocycles. The molecule has 5 heteroatoms. The molecule has 1 fully saturated rings. The summed E-state index contributed by atoms with van der Waals surface area (Å²) in [4.78, 5) is 24.4. The van der Waals surface area contributed by atoms with Crippen molar-refractivity contribution in [2.45, 2.75) is 50.8 Å². The van der Waals surface area contributed by atoms with Gasteiger partial charge in [-0.05, 0) is 68.7 Å². The molecule has 2 aliphatic rings. The Kier molecular flexibility index (Phi) is 6.73. The van der Waals surface area contributed by atoms with Crippen LogP contribution in [-0.2, 0) is 19.3 Å². The molecule has 0 saturated carbocycles. The Bertz CT molecular complexity index is 1060. The number of amides is 1. The average Bonchev–Trinajstić information content (AvgIpc) is 3.27. The molecular formula is C27H30BN3O. The lowest BCUT2D eigenvalue weighted by atomic mass is 9.59. The first kappa shape index (κ1) is 22.3. The fraction of sp³-hybridized carbons (Fsp3) is 0.370. The van der Waals surface area contributed by atoms with E-state index in [9.17, 15) is 4.79 Å². The summed E-state index contributed by atoms with van der Waals surface area (Å²) in [5.74, 6) is 0.00816. The molecule has 0 spiro atoms. The first-order valence-corrected chi connectivity index (χ1v) is 11.5. The highest BCUT2D eigenvalue weighted by molar-refractivity contribution is 6.15. The third-order valence-electron chi connectivity index (χ3n) is 6.53. The Labute approximate surface area is 192 Å². The lowest BCUT2D eigenvalue weighted by Gasteiger charge is -2.40. The average molecular weight is 423 g/mol. The van der Waals surface area contributed by atoms with Crippen LogP contribution in [0.4, 0.5) is 0 Å². The van der Waals surface area contributed by atoms with Gasteiger partial charge in [-0.25, -0.2) is 0 Å². The van der Waals surface area contributed by atoms with Gasteiger partial charge in [-0.1, -0.05) is 42.3 Å². The number of nitrogens with zero attached hydrogens (tertiary/aromatic N) is 3. The van der Waals surface area contributed by atoms with Gasteiger partial charge in [0.05, 0.1) is 19.1 Å². The predicted octanol–water partition coefficient (Wildman–Crippen LogP) is 4.92. The molecule has 32 heavy (non-hydrogen) atoms. The molecule has 0 unspecified atom stereocenters. The van der Waals surface area contributed by atoms with Crippen LogP contribution in [0, 0.1) is 0 Å². The van der Waals surface area contributed by atoms with Crippen LogP contribution >= 0.6 is 0 Å². The molecule has 2 radical (unpaired) electrons. The summed E-state index contributed by atoms with van der Waals surface area (Å²) in [6.07, 6.45) is 17.0. The van der Waals surface area contributed by atoms with Gasteiger partial charge in [-0.2, -0.15) is 0 Å². The van der Waals surface area contributed by atoms with Crippen LogP contribution in [0.25, 0.3) is 5.57 Å². The zero-order chi connectivity index (χ0) is 22.6. The predicted molar refractivity (Wildman–Crippen MR) is 131 cm³/mol. The van der Waals surface area contributed by atoms with Crippen molar-refractivity contribution in [2.24, 2.45) is 0 Å². The van der Waals surface area contributed by atoms with Gasteiger partial charge in [0, 0.05) is 36.8 Å². The summed E-state index contributed by atoms with van der Waals surface area (Å²) >= 11 is 0. The van der Waals surface area contributed by atoms with Crippen LogP contribution in [-0.4, -0.2) is 41.7 Å². The minimum atomic E-state index is -0.304. The fourth-order valence-electron chi connectivity index (χ4n) is 4.81. The summed E-state index contributed by atoms with van der Waals surface area (Å²) in [5, 5.41) is -0.304. The number of rotatable bonds is 6. The van der Waals surface area contributed by atoms with Crippen LogP contribution in [0.2, 0.25) is 5.31 Å². The number of likely N-dealkylation sites (tertiary alicyclic amines) is 1. The van der Waals surface area contributed by atoms with Crippen molar-refractivity contribution in [3.8, 4) is 0 Å². The van der Waals surface area contributed by atoms with E-state index in [1.807, 2.05) is 48.4 Å². The number of piperidine rings is 1. The monoisotopic (exact) mass is 423 g/mol. The molecule has 1 aliphatic carbocycles. The first-order chi connectivity index (χ1) is 15.5. The van der Waals surface area contributed by atoms with E-state index in [4.69, 9.17) is 7.85 Å². The van der Waals surface area contributed by atoms with Crippen molar-refractivity contribution in [1.29, 1.82) is 0 Å². The topological polar surface area (TPSA) is 46.1 Å². The highest BCUT2D eigenvalue weighted by atomic mass is 16.2. The van der Waals surface area contributed by atoms with E-state index in [2.05, 4.69) is 22.6 Å². The van der Waals surface area contributed by atoms with Gasteiger partial charge in [0.15, 0.2) is 0 Å². The van der Waals surface area contributed by atoms with Crippen LogP contribution in [0.15, 0.2) is 61.5 Å². The van der Waals surface area contributed by atoms with Gasteiger partial charge in [0.2, 0.25) is 0 Å². The molecule has 0 aromatic carbocycles. The molecule has 3 heterocycles. The van der Waals surface area contributed by atoms with Crippen LogP contribution in [0.3, 0.4) is 0 Å². The summed E-state index contributed by atoms with van der Waals surface area (Å²) in [6.45, 7) is 7.03. The van der Waals surface area contributed by atoms with Gasteiger partial charge >= 0.3 is 0 Å². The normalized spacial score (nSPS) is 18.0.